The summed E-state index contributed by atoms with van der Waals surface area (Å²) in [6, 6.07) is 3.13. The summed E-state index contributed by atoms with van der Waals surface area (Å²) >= 11 is 2.90. The van der Waals surface area contributed by atoms with Crippen molar-refractivity contribution in [2.75, 3.05) is 17.1 Å². The van der Waals surface area contributed by atoms with Crippen molar-refractivity contribution >= 4 is 31.6 Å². The van der Waals surface area contributed by atoms with Crippen LogP contribution in [0.15, 0.2) is 22.7 Å². The number of rotatable bonds is 5. The molecular weight excluding hydrogens is 351 g/mol. The van der Waals surface area contributed by atoms with Crippen molar-refractivity contribution in [3.63, 3.8) is 0 Å². The second-order valence-corrected chi connectivity index (χ2v) is 6.44. The van der Waals surface area contributed by atoms with E-state index in [1.807, 2.05) is 4.72 Å². The summed E-state index contributed by atoms with van der Waals surface area (Å²) in [5.41, 5.74) is -1.61. The number of hydrogen-bond donors (Lipinski definition) is 2. The Hall–Kier alpha value is -0.800. The summed E-state index contributed by atoms with van der Waals surface area (Å²) < 4.78 is 63.4. The number of anilines is 1. The fraction of sp³-hybridized carbons (Fsp3) is 0.400. The standard InChI is InChI=1S/C10H11BrF3NO3S/c11-7-2-3-9(8(6-7)10(12,13)14)15-19(17,18)5-1-4-16/h2-3,6,15-16H,1,4-5H2. The van der Waals surface area contributed by atoms with Gasteiger partial charge in [0.2, 0.25) is 10.0 Å². The lowest BCUT2D eigenvalue weighted by Crippen LogP contribution is -2.20. The first-order valence-electron chi connectivity index (χ1n) is 5.14. The molecular formula is C10H11BrF3NO3S. The monoisotopic (exact) mass is 361 g/mol. The molecule has 108 valence electrons. The van der Waals surface area contributed by atoms with E-state index in [-0.39, 0.29) is 17.5 Å². The maximum Gasteiger partial charge on any atom is 0.418 e. The van der Waals surface area contributed by atoms with Gasteiger partial charge >= 0.3 is 6.18 Å². The summed E-state index contributed by atoms with van der Waals surface area (Å²) in [7, 11) is -3.92. The number of alkyl halides is 3. The third-order valence-electron chi connectivity index (χ3n) is 2.12. The summed E-state index contributed by atoms with van der Waals surface area (Å²) in [5.74, 6) is -0.448. The molecule has 0 saturated carbocycles. The van der Waals surface area contributed by atoms with E-state index in [1.54, 1.807) is 0 Å². The van der Waals surface area contributed by atoms with E-state index in [2.05, 4.69) is 15.9 Å². The minimum atomic E-state index is -4.67. The molecule has 0 aliphatic rings. The fourth-order valence-electron chi connectivity index (χ4n) is 1.31. The van der Waals surface area contributed by atoms with Crippen molar-refractivity contribution in [1.82, 2.24) is 0 Å². The van der Waals surface area contributed by atoms with Crippen LogP contribution in [0.2, 0.25) is 0 Å². The molecule has 1 aromatic rings. The quantitative estimate of drug-likeness (QED) is 0.846. The highest BCUT2D eigenvalue weighted by atomic mass is 79.9. The number of benzene rings is 1. The van der Waals surface area contributed by atoms with Crippen LogP contribution < -0.4 is 4.72 Å². The molecule has 0 fully saturated rings. The topological polar surface area (TPSA) is 66.4 Å². The first-order chi connectivity index (χ1) is 8.65. The zero-order valence-electron chi connectivity index (χ0n) is 9.54. The second-order valence-electron chi connectivity index (χ2n) is 3.69. The Morgan fingerprint density at radius 3 is 2.47 bits per heavy atom. The molecule has 0 unspecified atom stereocenters. The van der Waals surface area contributed by atoms with Gasteiger partial charge in [-0.15, -0.1) is 0 Å². The average Bonchev–Trinajstić information content (AvgIpc) is 2.27. The van der Waals surface area contributed by atoms with Crippen LogP contribution in [0, 0.1) is 0 Å². The van der Waals surface area contributed by atoms with E-state index in [0.29, 0.717) is 0 Å². The summed E-state index contributed by atoms with van der Waals surface area (Å²) in [6.07, 6.45) is -4.72. The predicted octanol–water partition coefficient (Wildman–Crippen LogP) is 2.59. The first kappa shape index (κ1) is 16.3. The Labute approximate surface area is 116 Å². The lowest BCUT2D eigenvalue weighted by atomic mass is 10.2. The van der Waals surface area contributed by atoms with Gasteiger partial charge < -0.3 is 5.11 Å². The van der Waals surface area contributed by atoms with Crippen molar-refractivity contribution in [3.8, 4) is 0 Å². The Morgan fingerprint density at radius 1 is 1.32 bits per heavy atom. The summed E-state index contributed by atoms with van der Waals surface area (Å²) in [5, 5.41) is 8.54. The van der Waals surface area contributed by atoms with Crippen LogP contribution in [0.25, 0.3) is 0 Å². The summed E-state index contributed by atoms with van der Waals surface area (Å²) in [6.45, 7) is -0.354. The maximum atomic E-state index is 12.8. The van der Waals surface area contributed by atoms with Crippen molar-refractivity contribution in [2.45, 2.75) is 12.6 Å². The van der Waals surface area contributed by atoms with Crippen LogP contribution >= 0.6 is 15.9 Å². The third kappa shape index (κ3) is 5.00. The Balaban J connectivity index is 3.08. The van der Waals surface area contributed by atoms with Gasteiger partial charge in [-0.3, -0.25) is 4.72 Å². The molecule has 1 aromatic carbocycles. The highest BCUT2D eigenvalue weighted by molar-refractivity contribution is 9.10. The predicted molar refractivity (Wildman–Crippen MR) is 68.3 cm³/mol. The molecule has 9 heteroatoms. The second kappa shape index (κ2) is 6.10. The average molecular weight is 362 g/mol. The largest absolute Gasteiger partial charge is 0.418 e. The molecule has 0 saturated heterocycles. The van der Waals surface area contributed by atoms with E-state index >= 15 is 0 Å². The molecule has 19 heavy (non-hydrogen) atoms. The van der Waals surface area contributed by atoms with Crippen LogP contribution in [0.3, 0.4) is 0 Å². The van der Waals surface area contributed by atoms with Crippen molar-refractivity contribution < 1.29 is 26.7 Å². The molecule has 1 rings (SSSR count). The molecule has 4 nitrogen and oxygen atoms in total. The number of aliphatic hydroxyl groups is 1. The van der Waals surface area contributed by atoms with Gasteiger partial charge in [0.15, 0.2) is 0 Å². The van der Waals surface area contributed by atoms with Gasteiger partial charge in [0.25, 0.3) is 0 Å². The van der Waals surface area contributed by atoms with E-state index < -0.39 is 33.2 Å². The van der Waals surface area contributed by atoms with Crippen LogP contribution in [0.1, 0.15) is 12.0 Å². The highest BCUT2D eigenvalue weighted by Gasteiger charge is 2.34. The van der Waals surface area contributed by atoms with Gasteiger partial charge in [0.1, 0.15) is 0 Å². The maximum absolute atomic E-state index is 12.8. The molecule has 0 aromatic heterocycles. The normalized spacial score (nSPS) is 12.5. The zero-order chi connectivity index (χ0) is 14.7. The van der Waals surface area contributed by atoms with Gasteiger partial charge in [-0.25, -0.2) is 8.42 Å². The van der Waals surface area contributed by atoms with Gasteiger partial charge in [-0.1, -0.05) is 15.9 Å². The Kier molecular flexibility index (Phi) is 5.22. The Bertz CT molecular complexity index is 545. The lowest BCUT2D eigenvalue weighted by molar-refractivity contribution is -0.136. The molecule has 0 amide bonds. The Morgan fingerprint density at radius 2 is 1.95 bits per heavy atom. The zero-order valence-corrected chi connectivity index (χ0v) is 11.9. The number of hydrogen-bond acceptors (Lipinski definition) is 3. The smallest absolute Gasteiger partial charge is 0.396 e. The molecule has 0 aliphatic carbocycles. The van der Waals surface area contributed by atoms with Gasteiger partial charge in [-0.05, 0) is 24.6 Å². The number of halogens is 4. The molecule has 0 bridgehead atoms. The summed E-state index contributed by atoms with van der Waals surface area (Å²) in [4.78, 5) is 0. The lowest BCUT2D eigenvalue weighted by Gasteiger charge is -2.15. The van der Waals surface area contributed by atoms with E-state index in [0.717, 1.165) is 12.1 Å². The van der Waals surface area contributed by atoms with Gasteiger partial charge in [0.05, 0.1) is 17.0 Å². The number of aliphatic hydroxyl groups excluding tert-OH is 1. The molecule has 0 heterocycles. The number of sulfonamides is 1. The van der Waals surface area contributed by atoms with Crippen molar-refractivity contribution in [3.05, 3.63) is 28.2 Å². The van der Waals surface area contributed by atoms with Crippen LogP contribution in [0.4, 0.5) is 18.9 Å². The number of nitrogens with one attached hydrogen (secondary N) is 1. The fourth-order valence-corrected chi connectivity index (χ4v) is 2.80. The van der Waals surface area contributed by atoms with E-state index in [4.69, 9.17) is 5.11 Å². The minimum Gasteiger partial charge on any atom is -0.396 e. The van der Waals surface area contributed by atoms with Crippen LogP contribution in [-0.2, 0) is 16.2 Å². The molecule has 0 radical (unpaired) electrons. The molecule has 0 spiro atoms. The van der Waals surface area contributed by atoms with Crippen LogP contribution in [0.5, 0.6) is 0 Å². The third-order valence-corrected chi connectivity index (χ3v) is 3.97. The van der Waals surface area contributed by atoms with Gasteiger partial charge in [-0.2, -0.15) is 13.2 Å². The molecule has 0 aliphatic heterocycles. The minimum absolute atomic E-state index is 0.0484. The SMILES string of the molecule is O=S(=O)(CCCO)Nc1ccc(Br)cc1C(F)(F)F. The molecule has 2 N–H and O–H groups in total. The molecule has 0 atom stereocenters. The van der Waals surface area contributed by atoms with E-state index in [1.165, 1.54) is 6.07 Å². The first-order valence-corrected chi connectivity index (χ1v) is 7.58. The van der Waals surface area contributed by atoms with E-state index in [9.17, 15) is 21.6 Å². The van der Waals surface area contributed by atoms with Crippen molar-refractivity contribution in [2.24, 2.45) is 0 Å². The highest BCUT2D eigenvalue weighted by Crippen LogP contribution is 2.36. The van der Waals surface area contributed by atoms with Gasteiger partial charge in [0, 0.05) is 11.1 Å². The van der Waals surface area contributed by atoms with Crippen LogP contribution in [-0.4, -0.2) is 25.9 Å². The van der Waals surface area contributed by atoms with Crippen molar-refractivity contribution in [1.29, 1.82) is 0 Å².